The molecule has 2 aromatic carbocycles. The van der Waals surface area contributed by atoms with Gasteiger partial charge in [-0.3, -0.25) is 4.72 Å². The highest BCUT2D eigenvalue weighted by Crippen LogP contribution is 2.31. The number of sulfonamides is 1. The van der Waals surface area contributed by atoms with Gasteiger partial charge < -0.3 is 4.74 Å². The molecule has 0 aromatic heterocycles. The predicted molar refractivity (Wildman–Crippen MR) is 93.3 cm³/mol. The summed E-state index contributed by atoms with van der Waals surface area (Å²) >= 11 is 0. The molecular formula is C18H22FNO3S. The van der Waals surface area contributed by atoms with Crippen molar-refractivity contribution in [3.8, 4) is 5.75 Å². The van der Waals surface area contributed by atoms with E-state index >= 15 is 0 Å². The molecule has 0 saturated heterocycles. The number of aryl methyl sites for hydroxylation is 1. The topological polar surface area (TPSA) is 55.4 Å². The van der Waals surface area contributed by atoms with Gasteiger partial charge in [0.2, 0.25) is 0 Å². The number of nitrogens with one attached hydrogen (secondary N) is 1. The molecule has 130 valence electrons. The van der Waals surface area contributed by atoms with Crippen molar-refractivity contribution in [3.63, 3.8) is 0 Å². The van der Waals surface area contributed by atoms with Crippen LogP contribution in [0.2, 0.25) is 0 Å². The Balaban J connectivity index is 2.32. The summed E-state index contributed by atoms with van der Waals surface area (Å²) in [4.78, 5) is 0.110. The number of anilines is 1. The minimum atomic E-state index is -3.82. The standard InChI is InChI=1S/C18H22FNO3S/c1-13-8-10-14(11-9-13)24(21,22)20-16-7-5-6-15(19)17(16)23-12-18(2,3)4/h5-11,20H,12H2,1-4H3. The lowest BCUT2D eigenvalue weighted by molar-refractivity contribution is 0.192. The molecule has 0 aliphatic heterocycles. The Kier molecular flexibility index (Phi) is 5.18. The van der Waals surface area contributed by atoms with Crippen molar-refractivity contribution in [1.29, 1.82) is 0 Å². The summed E-state index contributed by atoms with van der Waals surface area (Å²) in [6.07, 6.45) is 0. The van der Waals surface area contributed by atoms with E-state index in [4.69, 9.17) is 4.74 Å². The minimum absolute atomic E-state index is 0.0832. The fraction of sp³-hybridized carbons (Fsp3) is 0.333. The molecule has 0 aliphatic rings. The smallest absolute Gasteiger partial charge is 0.262 e. The molecule has 0 radical (unpaired) electrons. The second kappa shape index (κ2) is 6.81. The number of halogens is 1. The summed E-state index contributed by atoms with van der Waals surface area (Å²) in [5.41, 5.74) is 0.851. The van der Waals surface area contributed by atoms with Gasteiger partial charge in [-0.2, -0.15) is 0 Å². The van der Waals surface area contributed by atoms with Crippen LogP contribution < -0.4 is 9.46 Å². The first-order valence-electron chi connectivity index (χ1n) is 7.59. The molecule has 0 amide bonds. The van der Waals surface area contributed by atoms with Crippen LogP contribution in [-0.2, 0) is 10.0 Å². The summed E-state index contributed by atoms with van der Waals surface area (Å²) in [5.74, 6) is -0.702. The van der Waals surface area contributed by atoms with Gasteiger partial charge in [-0.1, -0.05) is 44.5 Å². The Bertz CT molecular complexity index is 809. The van der Waals surface area contributed by atoms with Crippen molar-refractivity contribution in [2.75, 3.05) is 11.3 Å². The fourth-order valence-corrected chi connectivity index (χ4v) is 3.01. The largest absolute Gasteiger partial charge is 0.488 e. The van der Waals surface area contributed by atoms with E-state index in [1.807, 2.05) is 27.7 Å². The second-order valence-electron chi connectivity index (χ2n) is 6.88. The zero-order valence-electron chi connectivity index (χ0n) is 14.3. The van der Waals surface area contributed by atoms with Gasteiger partial charge in [-0.25, -0.2) is 12.8 Å². The van der Waals surface area contributed by atoms with Gasteiger partial charge in [0, 0.05) is 0 Å². The number of para-hydroxylation sites is 1. The summed E-state index contributed by atoms with van der Waals surface area (Å²) < 4.78 is 47.0. The van der Waals surface area contributed by atoms with Crippen molar-refractivity contribution in [1.82, 2.24) is 0 Å². The van der Waals surface area contributed by atoms with E-state index in [2.05, 4.69) is 4.72 Å². The monoisotopic (exact) mass is 351 g/mol. The van der Waals surface area contributed by atoms with Crippen molar-refractivity contribution in [3.05, 3.63) is 53.8 Å². The van der Waals surface area contributed by atoms with Gasteiger partial charge in [-0.15, -0.1) is 0 Å². The third-order valence-corrected chi connectivity index (χ3v) is 4.57. The van der Waals surface area contributed by atoms with Crippen LogP contribution in [0.5, 0.6) is 5.75 Å². The zero-order valence-corrected chi connectivity index (χ0v) is 15.1. The maximum atomic E-state index is 14.1. The van der Waals surface area contributed by atoms with E-state index < -0.39 is 15.8 Å². The van der Waals surface area contributed by atoms with Crippen LogP contribution in [-0.4, -0.2) is 15.0 Å². The lowest BCUT2D eigenvalue weighted by Gasteiger charge is -2.21. The molecule has 0 heterocycles. The van der Waals surface area contributed by atoms with Crippen molar-refractivity contribution >= 4 is 15.7 Å². The molecule has 0 bridgehead atoms. The highest BCUT2D eigenvalue weighted by Gasteiger charge is 2.20. The van der Waals surface area contributed by atoms with Crippen LogP contribution >= 0.6 is 0 Å². The third kappa shape index (κ3) is 4.71. The third-order valence-electron chi connectivity index (χ3n) is 3.19. The SMILES string of the molecule is Cc1ccc(S(=O)(=O)Nc2cccc(F)c2OCC(C)(C)C)cc1. The zero-order chi connectivity index (χ0) is 18.0. The number of rotatable bonds is 5. The summed E-state index contributed by atoms with van der Waals surface area (Å²) in [7, 11) is -3.82. The first-order chi connectivity index (χ1) is 11.1. The van der Waals surface area contributed by atoms with Crippen LogP contribution in [0.4, 0.5) is 10.1 Å². The predicted octanol–water partition coefficient (Wildman–Crippen LogP) is 4.36. The molecule has 0 aliphatic carbocycles. The summed E-state index contributed by atoms with van der Waals surface area (Å²) in [5, 5.41) is 0. The highest BCUT2D eigenvalue weighted by atomic mass is 32.2. The van der Waals surface area contributed by atoms with Crippen LogP contribution in [0.15, 0.2) is 47.4 Å². The van der Waals surface area contributed by atoms with Gasteiger partial charge in [0.1, 0.15) is 0 Å². The summed E-state index contributed by atoms with van der Waals surface area (Å²) in [6.45, 7) is 7.97. The molecule has 0 unspecified atom stereocenters. The number of benzene rings is 2. The molecular weight excluding hydrogens is 329 g/mol. The molecule has 0 saturated carbocycles. The number of hydrogen-bond donors (Lipinski definition) is 1. The Labute approximate surface area is 142 Å². The summed E-state index contributed by atoms with van der Waals surface area (Å²) in [6, 6.07) is 10.6. The van der Waals surface area contributed by atoms with Crippen LogP contribution in [0.3, 0.4) is 0 Å². The van der Waals surface area contributed by atoms with Gasteiger partial charge in [0.15, 0.2) is 11.6 Å². The van der Waals surface area contributed by atoms with E-state index in [9.17, 15) is 12.8 Å². The highest BCUT2D eigenvalue weighted by molar-refractivity contribution is 7.92. The average Bonchev–Trinajstić information content (AvgIpc) is 2.45. The van der Waals surface area contributed by atoms with E-state index in [-0.39, 0.29) is 28.4 Å². The Morgan fingerprint density at radius 2 is 1.71 bits per heavy atom. The average molecular weight is 351 g/mol. The first kappa shape index (κ1) is 18.3. The Hall–Kier alpha value is -2.08. The van der Waals surface area contributed by atoms with E-state index in [0.29, 0.717) is 0 Å². The molecule has 4 nitrogen and oxygen atoms in total. The fourth-order valence-electron chi connectivity index (χ4n) is 1.95. The van der Waals surface area contributed by atoms with Gasteiger partial charge in [0.25, 0.3) is 10.0 Å². The maximum Gasteiger partial charge on any atom is 0.262 e. The van der Waals surface area contributed by atoms with Gasteiger partial charge in [0.05, 0.1) is 17.2 Å². The van der Waals surface area contributed by atoms with Crippen molar-refractivity contribution in [2.45, 2.75) is 32.6 Å². The van der Waals surface area contributed by atoms with Gasteiger partial charge >= 0.3 is 0 Å². The van der Waals surface area contributed by atoms with Crippen LogP contribution in [0.1, 0.15) is 26.3 Å². The van der Waals surface area contributed by atoms with Crippen molar-refractivity contribution in [2.24, 2.45) is 5.41 Å². The Morgan fingerprint density at radius 3 is 2.29 bits per heavy atom. The molecule has 24 heavy (non-hydrogen) atoms. The van der Waals surface area contributed by atoms with Crippen LogP contribution in [0.25, 0.3) is 0 Å². The lowest BCUT2D eigenvalue weighted by Crippen LogP contribution is -2.19. The molecule has 0 atom stereocenters. The molecule has 1 N–H and O–H groups in total. The quantitative estimate of drug-likeness (QED) is 0.871. The van der Waals surface area contributed by atoms with E-state index in [1.54, 1.807) is 12.1 Å². The minimum Gasteiger partial charge on any atom is -0.488 e. The van der Waals surface area contributed by atoms with E-state index in [0.717, 1.165) is 5.56 Å². The van der Waals surface area contributed by atoms with Crippen molar-refractivity contribution < 1.29 is 17.5 Å². The number of hydrogen-bond acceptors (Lipinski definition) is 3. The van der Waals surface area contributed by atoms with Gasteiger partial charge in [-0.05, 0) is 36.6 Å². The molecule has 6 heteroatoms. The molecule has 2 aromatic rings. The normalized spacial score (nSPS) is 12.0. The maximum absolute atomic E-state index is 14.1. The molecule has 0 fully saturated rings. The second-order valence-corrected chi connectivity index (χ2v) is 8.57. The lowest BCUT2D eigenvalue weighted by atomic mass is 9.99. The van der Waals surface area contributed by atoms with Crippen LogP contribution in [0, 0.1) is 18.2 Å². The molecule has 2 rings (SSSR count). The number of ether oxygens (including phenoxy) is 1. The molecule has 0 spiro atoms. The first-order valence-corrected chi connectivity index (χ1v) is 9.08. The van der Waals surface area contributed by atoms with E-state index in [1.165, 1.54) is 30.3 Å². The Morgan fingerprint density at radius 1 is 1.08 bits per heavy atom.